The van der Waals surface area contributed by atoms with Crippen molar-refractivity contribution >= 4 is 5.91 Å². The van der Waals surface area contributed by atoms with Crippen LogP contribution < -0.4 is 5.32 Å². The number of amides is 1. The standard InChI is InChI=1S/C14H19NO2/c16-9-3-8-15-14(17)13-7-6-11-4-1-2-5-12(11)10-13/h1-2,4-5,13,16H,3,6-10H2,(H,15,17). The maximum Gasteiger partial charge on any atom is 0.223 e. The minimum atomic E-state index is 0.101. The lowest BCUT2D eigenvalue weighted by Crippen LogP contribution is -2.34. The number of hydrogen-bond donors (Lipinski definition) is 2. The van der Waals surface area contributed by atoms with Crippen LogP contribution in [0.1, 0.15) is 24.0 Å². The number of aliphatic hydroxyl groups is 1. The molecule has 0 saturated carbocycles. The van der Waals surface area contributed by atoms with Crippen LogP contribution in [0.5, 0.6) is 0 Å². The third kappa shape index (κ3) is 3.07. The van der Waals surface area contributed by atoms with Crippen molar-refractivity contribution in [3.63, 3.8) is 0 Å². The molecule has 0 aromatic heterocycles. The van der Waals surface area contributed by atoms with Gasteiger partial charge in [0.2, 0.25) is 5.91 Å². The predicted molar refractivity (Wildman–Crippen MR) is 66.7 cm³/mol. The summed E-state index contributed by atoms with van der Waals surface area (Å²) in [6.45, 7) is 0.710. The molecule has 0 spiro atoms. The second kappa shape index (κ2) is 5.82. The summed E-state index contributed by atoms with van der Waals surface area (Å²) in [4.78, 5) is 11.9. The monoisotopic (exact) mass is 233 g/mol. The van der Waals surface area contributed by atoms with Gasteiger partial charge in [-0.05, 0) is 36.8 Å². The van der Waals surface area contributed by atoms with Gasteiger partial charge in [-0.25, -0.2) is 0 Å². The second-order valence-electron chi connectivity index (χ2n) is 4.58. The number of nitrogens with one attached hydrogen (secondary N) is 1. The molecule has 17 heavy (non-hydrogen) atoms. The lowest BCUT2D eigenvalue weighted by Gasteiger charge is -2.23. The van der Waals surface area contributed by atoms with Crippen molar-refractivity contribution in [2.75, 3.05) is 13.2 Å². The van der Waals surface area contributed by atoms with E-state index in [0.717, 1.165) is 19.3 Å². The average Bonchev–Trinajstić information content (AvgIpc) is 2.38. The highest BCUT2D eigenvalue weighted by molar-refractivity contribution is 5.79. The molecule has 2 rings (SSSR count). The molecule has 1 aromatic rings. The molecule has 0 radical (unpaired) electrons. The highest BCUT2D eigenvalue weighted by atomic mass is 16.3. The summed E-state index contributed by atoms with van der Waals surface area (Å²) in [7, 11) is 0. The maximum absolute atomic E-state index is 11.9. The SMILES string of the molecule is O=C(NCCCO)C1CCc2ccccc2C1. The minimum absolute atomic E-state index is 0.101. The third-order valence-corrected chi connectivity index (χ3v) is 3.35. The van der Waals surface area contributed by atoms with E-state index in [2.05, 4.69) is 23.5 Å². The van der Waals surface area contributed by atoms with Crippen LogP contribution in [-0.4, -0.2) is 24.2 Å². The van der Waals surface area contributed by atoms with Gasteiger partial charge in [0.15, 0.2) is 0 Å². The summed E-state index contributed by atoms with van der Waals surface area (Å²) in [5.41, 5.74) is 2.69. The Morgan fingerprint density at radius 1 is 1.35 bits per heavy atom. The summed E-state index contributed by atoms with van der Waals surface area (Å²) in [5, 5.41) is 11.6. The van der Waals surface area contributed by atoms with Crippen molar-refractivity contribution in [1.29, 1.82) is 0 Å². The molecule has 3 heteroatoms. The number of aryl methyl sites for hydroxylation is 1. The first-order valence-corrected chi connectivity index (χ1v) is 6.26. The molecule has 3 nitrogen and oxygen atoms in total. The number of benzene rings is 1. The molecule has 92 valence electrons. The van der Waals surface area contributed by atoms with Crippen LogP contribution in [0.25, 0.3) is 0 Å². The van der Waals surface area contributed by atoms with Crippen molar-refractivity contribution in [1.82, 2.24) is 5.32 Å². The number of carbonyl (C=O) groups excluding carboxylic acids is 1. The zero-order chi connectivity index (χ0) is 12.1. The van der Waals surface area contributed by atoms with Crippen LogP contribution in [0.2, 0.25) is 0 Å². The summed E-state index contributed by atoms with van der Waals surface area (Å²) in [6, 6.07) is 8.35. The maximum atomic E-state index is 11.9. The fraction of sp³-hybridized carbons (Fsp3) is 0.500. The summed E-state index contributed by atoms with van der Waals surface area (Å²) in [6.07, 6.45) is 3.41. The van der Waals surface area contributed by atoms with Gasteiger partial charge in [0.05, 0.1) is 0 Å². The van der Waals surface area contributed by atoms with Gasteiger partial charge in [-0.1, -0.05) is 24.3 Å². The fourth-order valence-corrected chi connectivity index (χ4v) is 2.36. The highest BCUT2D eigenvalue weighted by Gasteiger charge is 2.23. The Kier molecular flexibility index (Phi) is 4.15. The molecule has 0 bridgehead atoms. The van der Waals surface area contributed by atoms with E-state index in [1.54, 1.807) is 0 Å². The van der Waals surface area contributed by atoms with Crippen LogP contribution in [-0.2, 0) is 17.6 Å². The van der Waals surface area contributed by atoms with Crippen molar-refractivity contribution in [3.05, 3.63) is 35.4 Å². The van der Waals surface area contributed by atoms with E-state index in [9.17, 15) is 4.79 Å². The Balaban J connectivity index is 1.91. The van der Waals surface area contributed by atoms with Crippen molar-refractivity contribution < 1.29 is 9.90 Å². The topological polar surface area (TPSA) is 49.3 Å². The first-order chi connectivity index (χ1) is 8.31. The van der Waals surface area contributed by atoms with Gasteiger partial charge >= 0.3 is 0 Å². The van der Waals surface area contributed by atoms with Gasteiger partial charge < -0.3 is 10.4 Å². The normalized spacial score (nSPS) is 18.5. The number of rotatable bonds is 4. The first kappa shape index (κ1) is 12.1. The lowest BCUT2D eigenvalue weighted by molar-refractivity contribution is -0.125. The van der Waals surface area contributed by atoms with E-state index < -0.39 is 0 Å². The Bertz CT molecular complexity index is 390. The van der Waals surface area contributed by atoms with Gasteiger partial charge in [-0.2, -0.15) is 0 Å². The average molecular weight is 233 g/mol. The smallest absolute Gasteiger partial charge is 0.223 e. The zero-order valence-corrected chi connectivity index (χ0v) is 9.98. The van der Waals surface area contributed by atoms with Crippen molar-refractivity contribution in [2.24, 2.45) is 5.92 Å². The van der Waals surface area contributed by atoms with Gasteiger partial charge in [0.1, 0.15) is 0 Å². The summed E-state index contributed by atoms with van der Waals surface area (Å²) < 4.78 is 0. The molecule has 0 fully saturated rings. The molecular weight excluding hydrogens is 214 g/mol. The molecule has 0 heterocycles. The van der Waals surface area contributed by atoms with Crippen LogP contribution in [0.15, 0.2) is 24.3 Å². The molecule has 1 aromatic carbocycles. The van der Waals surface area contributed by atoms with Crippen LogP contribution in [0.4, 0.5) is 0 Å². The molecule has 1 unspecified atom stereocenters. The van der Waals surface area contributed by atoms with E-state index in [0.29, 0.717) is 13.0 Å². The van der Waals surface area contributed by atoms with Gasteiger partial charge in [-0.15, -0.1) is 0 Å². The molecule has 2 N–H and O–H groups in total. The van der Waals surface area contributed by atoms with Crippen LogP contribution in [0.3, 0.4) is 0 Å². The zero-order valence-electron chi connectivity index (χ0n) is 9.98. The number of hydrogen-bond acceptors (Lipinski definition) is 2. The Hall–Kier alpha value is -1.35. The van der Waals surface area contributed by atoms with E-state index in [-0.39, 0.29) is 18.4 Å². The van der Waals surface area contributed by atoms with Gasteiger partial charge in [0.25, 0.3) is 0 Å². The summed E-state index contributed by atoms with van der Waals surface area (Å²) >= 11 is 0. The molecule has 1 amide bonds. The summed E-state index contributed by atoms with van der Waals surface area (Å²) in [5.74, 6) is 0.233. The molecule has 0 saturated heterocycles. The largest absolute Gasteiger partial charge is 0.396 e. The molecular formula is C14H19NO2. The first-order valence-electron chi connectivity index (χ1n) is 6.26. The van der Waals surface area contributed by atoms with Gasteiger partial charge in [-0.3, -0.25) is 4.79 Å². The molecule has 1 atom stereocenters. The number of aliphatic hydroxyl groups excluding tert-OH is 1. The highest BCUT2D eigenvalue weighted by Crippen LogP contribution is 2.25. The Morgan fingerprint density at radius 2 is 2.12 bits per heavy atom. The van der Waals surface area contributed by atoms with E-state index in [4.69, 9.17) is 5.11 Å². The Morgan fingerprint density at radius 3 is 2.88 bits per heavy atom. The van der Waals surface area contributed by atoms with Crippen LogP contribution in [0, 0.1) is 5.92 Å². The van der Waals surface area contributed by atoms with Crippen molar-refractivity contribution in [2.45, 2.75) is 25.7 Å². The van der Waals surface area contributed by atoms with Gasteiger partial charge in [0, 0.05) is 19.1 Å². The van der Waals surface area contributed by atoms with E-state index >= 15 is 0 Å². The lowest BCUT2D eigenvalue weighted by atomic mass is 9.83. The quantitative estimate of drug-likeness (QED) is 0.770. The van der Waals surface area contributed by atoms with E-state index in [1.807, 2.05) is 6.07 Å². The second-order valence-corrected chi connectivity index (χ2v) is 4.58. The predicted octanol–water partition coefficient (Wildman–Crippen LogP) is 1.29. The molecule has 1 aliphatic rings. The molecule has 0 aliphatic heterocycles. The van der Waals surface area contributed by atoms with E-state index in [1.165, 1.54) is 11.1 Å². The number of carbonyl (C=O) groups is 1. The van der Waals surface area contributed by atoms with Crippen LogP contribution >= 0.6 is 0 Å². The third-order valence-electron chi connectivity index (χ3n) is 3.35. The minimum Gasteiger partial charge on any atom is -0.396 e. The fourth-order valence-electron chi connectivity index (χ4n) is 2.36. The molecule has 1 aliphatic carbocycles. The Labute approximate surface area is 102 Å². The van der Waals surface area contributed by atoms with Crippen molar-refractivity contribution in [3.8, 4) is 0 Å². The number of fused-ring (bicyclic) bond motifs is 1.